The Morgan fingerprint density at radius 2 is 1.66 bits per heavy atom. The van der Waals surface area contributed by atoms with E-state index in [0.717, 1.165) is 48.3 Å². The standard InChI is InChI=1S/C29H35NO5/c1-22(2)30(29(32)24-17-15-23(16-18-24)26-13-10-20-35-26)21-25-11-7-8-12-27(25)34-19-9-5-4-6-14-28(31)33-3/h7-8,10-13,15-18,20,22H,4-6,9,14,19,21H2,1-3H3. The molecular formula is C29H35NO5. The van der Waals surface area contributed by atoms with Crippen LogP contribution in [0.1, 0.15) is 61.9 Å². The van der Waals surface area contributed by atoms with Crippen molar-refractivity contribution in [2.24, 2.45) is 0 Å². The molecule has 0 spiro atoms. The van der Waals surface area contributed by atoms with Gasteiger partial charge in [0.15, 0.2) is 0 Å². The highest BCUT2D eigenvalue weighted by molar-refractivity contribution is 5.94. The summed E-state index contributed by atoms with van der Waals surface area (Å²) in [6, 6.07) is 19.2. The molecule has 0 aliphatic heterocycles. The van der Waals surface area contributed by atoms with Gasteiger partial charge in [-0.25, -0.2) is 0 Å². The molecule has 0 bridgehead atoms. The number of rotatable bonds is 13. The zero-order chi connectivity index (χ0) is 25.0. The van der Waals surface area contributed by atoms with E-state index in [4.69, 9.17) is 9.15 Å². The summed E-state index contributed by atoms with van der Waals surface area (Å²) in [6.07, 6.45) is 5.80. The van der Waals surface area contributed by atoms with Crippen LogP contribution in [0.15, 0.2) is 71.3 Å². The number of para-hydroxylation sites is 1. The average Bonchev–Trinajstić information content (AvgIpc) is 3.42. The number of ether oxygens (including phenoxy) is 2. The number of hydrogen-bond acceptors (Lipinski definition) is 5. The van der Waals surface area contributed by atoms with Crippen LogP contribution in [-0.2, 0) is 16.1 Å². The molecule has 1 heterocycles. The summed E-state index contributed by atoms with van der Waals surface area (Å²) in [7, 11) is 1.42. The smallest absolute Gasteiger partial charge is 0.305 e. The second-order valence-electron chi connectivity index (χ2n) is 8.78. The lowest BCUT2D eigenvalue weighted by Gasteiger charge is -2.28. The average molecular weight is 478 g/mol. The molecule has 0 saturated heterocycles. The van der Waals surface area contributed by atoms with Crippen molar-refractivity contribution in [2.45, 2.75) is 58.5 Å². The largest absolute Gasteiger partial charge is 0.493 e. The third-order valence-corrected chi connectivity index (χ3v) is 5.90. The maximum atomic E-state index is 13.4. The normalized spacial score (nSPS) is 10.9. The molecule has 0 N–H and O–H groups in total. The molecule has 1 amide bonds. The van der Waals surface area contributed by atoms with Crippen LogP contribution in [0.3, 0.4) is 0 Å². The molecule has 186 valence electrons. The lowest BCUT2D eigenvalue weighted by molar-refractivity contribution is -0.140. The summed E-state index contributed by atoms with van der Waals surface area (Å²) in [5.41, 5.74) is 2.55. The van der Waals surface area contributed by atoms with Crippen LogP contribution in [0.5, 0.6) is 5.75 Å². The molecule has 6 heteroatoms. The van der Waals surface area contributed by atoms with Gasteiger partial charge in [0.05, 0.1) is 20.0 Å². The Labute approximate surface area is 207 Å². The van der Waals surface area contributed by atoms with Gasteiger partial charge in [-0.2, -0.15) is 0 Å². The van der Waals surface area contributed by atoms with Crippen LogP contribution in [0.2, 0.25) is 0 Å². The molecular weight excluding hydrogens is 442 g/mol. The lowest BCUT2D eigenvalue weighted by Crippen LogP contribution is -2.36. The van der Waals surface area contributed by atoms with E-state index in [0.29, 0.717) is 25.1 Å². The summed E-state index contributed by atoms with van der Waals surface area (Å²) < 4.78 is 16.2. The van der Waals surface area contributed by atoms with E-state index in [9.17, 15) is 9.59 Å². The van der Waals surface area contributed by atoms with Gasteiger partial charge in [0.1, 0.15) is 11.5 Å². The summed E-state index contributed by atoms with van der Waals surface area (Å²) in [5, 5.41) is 0. The van der Waals surface area contributed by atoms with Gasteiger partial charge < -0.3 is 18.8 Å². The van der Waals surface area contributed by atoms with Crippen LogP contribution in [0, 0.1) is 0 Å². The molecule has 0 aliphatic carbocycles. The van der Waals surface area contributed by atoms with E-state index in [1.807, 2.05) is 79.4 Å². The molecule has 0 radical (unpaired) electrons. The Bertz CT molecular complexity index is 1060. The van der Waals surface area contributed by atoms with Crippen LogP contribution in [-0.4, -0.2) is 36.5 Å². The van der Waals surface area contributed by atoms with Gasteiger partial charge in [-0.3, -0.25) is 9.59 Å². The number of furan rings is 1. The number of benzene rings is 2. The molecule has 3 aromatic rings. The quantitative estimate of drug-likeness (QED) is 0.208. The predicted octanol–water partition coefficient (Wildman–Crippen LogP) is 6.50. The van der Waals surface area contributed by atoms with Crippen molar-refractivity contribution in [3.05, 3.63) is 78.1 Å². The molecule has 0 unspecified atom stereocenters. The molecule has 6 nitrogen and oxygen atoms in total. The number of carbonyl (C=O) groups excluding carboxylic acids is 2. The van der Waals surface area contributed by atoms with Crippen LogP contribution in [0.25, 0.3) is 11.3 Å². The Hall–Kier alpha value is -3.54. The molecule has 35 heavy (non-hydrogen) atoms. The SMILES string of the molecule is COC(=O)CCCCCCOc1ccccc1CN(C(=O)c1ccc(-c2ccco2)cc1)C(C)C. The van der Waals surface area contributed by atoms with E-state index in [1.54, 1.807) is 6.26 Å². The van der Waals surface area contributed by atoms with Crippen LogP contribution in [0.4, 0.5) is 0 Å². The molecule has 0 saturated carbocycles. The summed E-state index contributed by atoms with van der Waals surface area (Å²) in [6.45, 7) is 5.10. The summed E-state index contributed by atoms with van der Waals surface area (Å²) in [4.78, 5) is 26.4. The Balaban J connectivity index is 1.58. The van der Waals surface area contributed by atoms with E-state index < -0.39 is 0 Å². The number of unbranched alkanes of at least 4 members (excludes halogenated alkanes) is 3. The van der Waals surface area contributed by atoms with Gasteiger partial charge in [0.2, 0.25) is 0 Å². The Morgan fingerprint density at radius 1 is 0.914 bits per heavy atom. The van der Waals surface area contributed by atoms with E-state index in [-0.39, 0.29) is 17.9 Å². The zero-order valence-corrected chi connectivity index (χ0v) is 20.9. The van der Waals surface area contributed by atoms with Crippen molar-refractivity contribution in [3.63, 3.8) is 0 Å². The topological polar surface area (TPSA) is 69.0 Å². The van der Waals surface area contributed by atoms with Gasteiger partial charge >= 0.3 is 5.97 Å². The minimum absolute atomic E-state index is 0.0218. The van der Waals surface area contributed by atoms with Gasteiger partial charge in [-0.05, 0) is 57.0 Å². The van der Waals surface area contributed by atoms with Crippen LogP contribution >= 0.6 is 0 Å². The first-order valence-corrected chi connectivity index (χ1v) is 12.2. The minimum Gasteiger partial charge on any atom is -0.493 e. The third kappa shape index (κ3) is 7.74. The first kappa shape index (κ1) is 26.1. The Kier molecular flexibility index (Phi) is 9.96. The van der Waals surface area contributed by atoms with Crippen LogP contribution < -0.4 is 4.74 Å². The van der Waals surface area contributed by atoms with Gasteiger partial charge in [0.25, 0.3) is 5.91 Å². The maximum absolute atomic E-state index is 13.4. The highest BCUT2D eigenvalue weighted by Gasteiger charge is 2.21. The molecule has 3 rings (SSSR count). The third-order valence-electron chi connectivity index (χ3n) is 5.90. The number of methoxy groups -OCH3 is 1. The summed E-state index contributed by atoms with van der Waals surface area (Å²) >= 11 is 0. The predicted molar refractivity (Wildman–Crippen MR) is 136 cm³/mol. The first-order chi connectivity index (χ1) is 17.0. The fourth-order valence-corrected chi connectivity index (χ4v) is 3.84. The van der Waals surface area contributed by atoms with E-state index >= 15 is 0 Å². The molecule has 1 aromatic heterocycles. The number of carbonyl (C=O) groups is 2. The molecule has 0 atom stereocenters. The van der Waals surface area contributed by atoms with Gasteiger partial charge in [-0.15, -0.1) is 0 Å². The summed E-state index contributed by atoms with van der Waals surface area (Å²) in [5.74, 6) is 1.40. The lowest BCUT2D eigenvalue weighted by atomic mass is 10.1. The fraction of sp³-hybridized carbons (Fsp3) is 0.379. The number of nitrogens with zero attached hydrogens (tertiary/aromatic N) is 1. The van der Waals surface area contributed by atoms with Crippen molar-refractivity contribution in [3.8, 4) is 17.1 Å². The van der Waals surface area contributed by atoms with Crippen molar-refractivity contribution < 1.29 is 23.5 Å². The number of esters is 1. The van der Waals surface area contributed by atoms with Crippen molar-refractivity contribution in [1.29, 1.82) is 0 Å². The van der Waals surface area contributed by atoms with Crippen molar-refractivity contribution in [2.75, 3.05) is 13.7 Å². The highest BCUT2D eigenvalue weighted by atomic mass is 16.5. The van der Waals surface area contributed by atoms with E-state index in [2.05, 4.69) is 4.74 Å². The second kappa shape index (κ2) is 13.4. The van der Waals surface area contributed by atoms with Gasteiger partial charge in [-0.1, -0.05) is 43.2 Å². The van der Waals surface area contributed by atoms with Gasteiger partial charge in [0, 0.05) is 35.7 Å². The van der Waals surface area contributed by atoms with Crippen molar-refractivity contribution in [1.82, 2.24) is 4.90 Å². The number of hydrogen-bond donors (Lipinski definition) is 0. The monoisotopic (exact) mass is 477 g/mol. The minimum atomic E-state index is -0.159. The van der Waals surface area contributed by atoms with Crippen molar-refractivity contribution >= 4 is 11.9 Å². The zero-order valence-electron chi connectivity index (χ0n) is 20.9. The first-order valence-electron chi connectivity index (χ1n) is 12.2. The molecule has 2 aromatic carbocycles. The second-order valence-corrected chi connectivity index (χ2v) is 8.78. The Morgan fingerprint density at radius 3 is 2.34 bits per heavy atom. The highest BCUT2D eigenvalue weighted by Crippen LogP contribution is 2.24. The van der Waals surface area contributed by atoms with E-state index in [1.165, 1.54) is 7.11 Å². The molecule has 0 aliphatic rings. The number of amides is 1. The molecule has 0 fully saturated rings. The maximum Gasteiger partial charge on any atom is 0.305 e. The fourth-order valence-electron chi connectivity index (χ4n) is 3.84.